The van der Waals surface area contributed by atoms with Gasteiger partial charge in [0.2, 0.25) is 6.29 Å². The van der Waals surface area contributed by atoms with E-state index in [0.717, 1.165) is 18.8 Å². The number of rotatable bonds is 17. The Bertz CT molecular complexity index is 3190. The fourth-order valence-electron chi connectivity index (χ4n) is 19.3. The second kappa shape index (κ2) is 29.6. The van der Waals surface area contributed by atoms with Crippen LogP contribution in [0.3, 0.4) is 0 Å². The van der Waals surface area contributed by atoms with Crippen LogP contribution < -0.4 is 0 Å². The molecule has 0 amide bonds. The number of hydrogen-bond acceptors (Lipinski definition) is 29. The van der Waals surface area contributed by atoms with E-state index in [2.05, 4.69) is 32.9 Å². The van der Waals surface area contributed by atoms with Crippen LogP contribution in [-0.4, -0.2) is 269 Å². The van der Waals surface area contributed by atoms with Crippen LogP contribution in [0, 0.1) is 69.5 Å². The Labute approximate surface area is 584 Å². The SMILES string of the molecule is CC(=O)OC1C(OC(=O)/C=C\c2ccc(C)cc2)C(C)OC(OC(=O)[C@@H]2CC(C)(C)C[C@@H]3C2[C@H](O)C[C@]2(C)C3C=C[C@@H]3[C@@]4(C)CC[C@H](OC5OC(C(=O)O)C(O)C(OC6OCC(O)C(O)C6O)C5OC5OC(CO)C(O)C(O)C5O)[C@@](C)(C=O)[C@@H]4CC[C@]32C)C1OC1OC(C)C(O)C(O)C1O. The van der Waals surface area contributed by atoms with Crippen molar-refractivity contribution < 1.29 is 147 Å². The Kier molecular flexibility index (Phi) is 22.7. The second-order valence-corrected chi connectivity index (χ2v) is 31.7. The third-order valence-corrected chi connectivity index (χ3v) is 24.8. The second-order valence-electron chi connectivity index (χ2n) is 31.7. The number of carboxylic acids is 1. The fraction of sp³-hybridized carbons (Fsp3) is 0.789. The summed E-state index contributed by atoms with van der Waals surface area (Å²) >= 11 is 0. The molecule has 9 fully saturated rings. The van der Waals surface area contributed by atoms with Gasteiger partial charge in [-0.2, -0.15) is 0 Å². The minimum Gasteiger partial charge on any atom is -0.479 e. The molecule has 10 aliphatic rings. The van der Waals surface area contributed by atoms with Gasteiger partial charge in [-0.15, -0.1) is 0 Å². The van der Waals surface area contributed by atoms with Gasteiger partial charge in [-0.1, -0.05) is 83.5 Å². The topological polar surface area (TPSA) is 459 Å². The molecule has 0 aromatic heterocycles. The molecule has 13 N–H and O–H groups in total. The Morgan fingerprint density at radius 2 is 1.22 bits per heavy atom. The Morgan fingerprint density at radius 1 is 0.594 bits per heavy atom. The van der Waals surface area contributed by atoms with Gasteiger partial charge < -0.3 is 128 Å². The predicted molar refractivity (Wildman–Crippen MR) is 342 cm³/mol. The Balaban J connectivity index is 0.863. The summed E-state index contributed by atoms with van der Waals surface area (Å²) in [6.45, 7) is 16.8. The van der Waals surface area contributed by atoms with Gasteiger partial charge in [-0.05, 0) is 123 Å². The number of aryl methyl sites for hydroxylation is 1. The van der Waals surface area contributed by atoms with E-state index in [-0.39, 0.29) is 37.0 Å². The van der Waals surface area contributed by atoms with Crippen molar-refractivity contribution in [1.29, 1.82) is 0 Å². The Morgan fingerprint density at radius 3 is 1.86 bits per heavy atom. The number of carboxylic acid groups (broad SMARTS) is 1. The lowest BCUT2D eigenvalue weighted by Gasteiger charge is -2.71. The molecule has 0 spiro atoms. The van der Waals surface area contributed by atoms with Gasteiger partial charge >= 0.3 is 23.9 Å². The summed E-state index contributed by atoms with van der Waals surface area (Å²) in [6, 6.07) is 7.32. The highest BCUT2D eigenvalue weighted by molar-refractivity contribution is 5.87. The van der Waals surface area contributed by atoms with E-state index in [4.69, 9.17) is 56.8 Å². The molecule has 1 aromatic carbocycles. The van der Waals surface area contributed by atoms with E-state index in [0.29, 0.717) is 31.2 Å². The molecular formula is C71H102O30. The number of hydrogen-bond donors (Lipinski definition) is 13. The fourth-order valence-corrected chi connectivity index (χ4v) is 19.3. The first-order valence-corrected chi connectivity index (χ1v) is 35.1. The molecule has 5 aliphatic carbocycles. The summed E-state index contributed by atoms with van der Waals surface area (Å²) < 4.78 is 73.1. The lowest BCUT2D eigenvalue weighted by atomic mass is 9.33. The van der Waals surface area contributed by atoms with E-state index >= 15 is 4.79 Å². The number of aliphatic hydroxyl groups is 12. The molecule has 5 aliphatic heterocycles. The summed E-state index contributed by atoms with van der Waals surface area (Å²) in [5.41, 5.74) is -2.24. The van der Waals surface area contributed by atoms with Crippen molar-refractivity contribution in [1.82, 2.24) is 0 Å². The average molecular weight is 1440 g/mol. The van der Waals surface area contributed by atoms with Crippen molar-refractivity contribution in [3.8, 4) is 0 Å². The van der Waals surface area contributed by atoms with E-state index < -0.39 is 242 Å². The number of aliphatic carboxylic acids is 1. The van der Waals surface area contributed by atoms with Gasteiger partial charge in [0.1, 0.15) is 85.6 Å². The number of carbonyl (C=O) groups is 5. The van der Waals surface area contributed by atoms with Crippen molar-refractivity contribution in [2.24, 2.45) is 62.6 Å². The third-order valence-electron chi connectivity index (χ3n) is 24.8. The number of ether oxygens (including phenoxy) is 12. The molecule has 101 heavy (non-hydrogen) atoms. The molecule has 5 saturated heterocycles. The zero-order valence-corrected chi connectivity index (χ0v) is 58.3. The van der Waals surface area contributed by atoms with Crippen molar-refractivity contribution in [3.05, 3.63) is 53.6 Å². The smallest absolute Gasteiger partial charge is 0.335 e. The highest BCUT2D eigenvalue weighted by Crippen LogP contribution is 2.75. The van der Waals surface area contributed by atoms with Crippen molar-refractivity contribution in [3.63, 3.8) is 0 Å². The first-order chi connectivity index (χ1) is 47.4. The lowest BCUT2D eigenvalue weighted by molar-refractivity contribution is -0.391. The van der Waals surface area contributed by atoms with Crippen molar-refractivity contribution >= 4 is 36.2 Å². The van der Waals surface area contributed by atoms with E-state index in [1.165, 1.54) is 26.0 Å². The summed E-state index contributed by atoms with van der Waals surface area (Å²) in [5, 5.41) is 143. The molecule has 1 aromatic rings. The molecule has 5 heterocycles. The van der Waals surface area contributed by atoms with E-state index in [1.54, 1.807) is 19.1 Å². The lowest BCUT2D eigenvalue weighted by Crippen LogP contribution is -2.69. The molecule has 11 rings (SSSR count). The summed E-state index contributed by atoms with van der Waals surface area (Å²) in [7, 11) is 0. The highest BCUT2D eigenvalue weighted by Gasteiger charge is 2.71. The molecule has 36 atom stereocenters. The van der Waals surface area contributed by atoms with Crippen molar-refractivity contribution in [2.45, 2.75) is 274 Å². The quantitative estimate of drug-likeness (QED) is 0.0235. The molecular weight excluding hydrogens is 1330 g/mol. The number of benzene rings is 1. The zero-order chi connectivity index (χ0) is 73.7. The van der Waals surface area contributed by atoms with Gasteiger partial charge in [0, 0.05) is 18.9 Å². The molecule has 566 valence electrons. The molecule has 30 heteroatoms. The van der Waals surface area contributed by atoms with Crippen LogP contribution in [0.1, 0.15) is 118 Å². The predicted octanol–water partition coefficient (Wildman–Crippen LogP) is -0.419. The van der Waals surface area contributed by atoms with Crippen LogP contribution in [0.4, 0.5) is 0 Å². The zero-order valence-electron chi connectivity index (χ0n) is 58.3. The van der Waals surface area contributed by atoms with Gasteiger partial charge in [-0.3, -0.25) is 9.59 Å². The highest BCUT2D eigenvalue weighted by atomic mass is 16.8. The average Bonchev–Trinajstić information content (AvgIpc) is 0.677. The first-order valence-electron chi connectivity index (χ1n) is 35.1. The third kappa shape index (κ3) is 14.3. The normalized spacial score (nSPS) is 49.6. The number of carbonyl (C=O) groups excluding carboxylic acids is 4. The summed E-state index contributed by atoms with van der Waals surface area (Å²) in [6.07, 6.45) is -34.5. The number of allylic oxidation sites excluding steroid dienone is 2. The minimum atomic E-state index is -2.21. The van der Waals surface area contributed by atoms with Gasteiger partial charge in [0.25, 0.3) is 0 Å². The standard InChI is InChI=1S/C71H102O30/c1-29-11-13-33(14-12-29)15-18-43(77)96-54-31(3)92-65(59(57(54)93-32(4)74)100-63-51(84)48(81)45(78)30(2)91-63)101-61(89)35-24-67(5,6)23-34-36-16-17-41-68(7)21-20-42(69(8,28-73)40(68)19-22-70(41,9)71(36,10)25-37(75)44(34)35)95-66-58(99-64-52(85)49(82)47(80)39(26-72)94-64)55(53(86)56(98-66)60(87)88)97-62-50(83)46(79)38(76)27-90-62/h11-18,28,30-31,34-42,44-59,62-66,72,75-76,78-86H,19-27H2,1-10H3,(H,87,88)/b18-15-/t30?,31?,34-,35+,36?,37+,38?,39?,40+,41+,42-,44?,45?,46?,47?,48?,49?,50?,51?,52?,53?,54?,55?,56?,57?,58?,59?,62?,63?,64?,65?,66?,68-,69-,70+,71+/m0/s1. The van der Waals surface area contributed by atoms with Crippen LogP contribution in [0.15, 0.2) is 42.5 Å². The van der Waals surface area contributed by atoms with Crippen molar-refractivity contribution in [2.75, 3.05) is 13.2 Å². The van der Waals surface area contributed by atoms with Gasteiger partial charge in [0.15, 0.2) is 49.6 Å². The molecule has 26 unspecified atom stereocenters. The first kappa shape index (κ1) is 77.5. The number of aliphatic hydroxyl groups excluding tert-OH is 12. The van der Waals surface area contributed by atoms with E-state index in [9.17, 15) is 85.6 Å². The van der Waals surface area contributed by atoms with Crippen LogP contribution in [0.25, 0.3) is 6.08 Å². The number of esters is 3. The molecule has 4 saturated carbocycles. The van der Waals surface area contributed by atoms with Crippen LogP contribution in [0.5, 0.6) is 0 Å². The van der Waals surface area contributed by atoms with Crippen LogP contribution in [0.2, 0.25) is 0 Å². The molecule has 0 radical (unpaired) electrons. The largest absolute Gasteiger partial charge is 0.479 e. The monoisotopic (exact) mass is 1430 g/mol. The van der Waals surface area contributed by atoms with E-state index in [1.807, 2.05) is 32.9 Å². The van der Waals surface area contributed by atoms with Crippen LogP contribution >= 0.6 is 0 Å². The number of aldehydes is 1. The molecule has 0 bridgehead atoms. The maximum Gasteiger partial charge on any atom is 0.335 e. The Hall–Kier alpha value is -4.59. The van der Waals surface area contributed by atoms with Gasteiger partial charge in [-0.25, -0.2) is 9.59 Å². The molecule has 30 nitrogen and oxygen atoms in total. The summed E-state index contributed by atoms with van der Waals surface area (Å²) in [4.78, 5) is 69.4. The van der Waals surface area contributed by atoms with Gasteiger partial charge in [0.05, 0.1) is 49.0 Å². The minimum absolute atomic E-state index is 0.119. The maximum atomic E-state index is 15.5. The van der Waals surface area contributed by atoms with Crippen LogP contribution in [-0.2, 0) is 80.8 Å². The number of fused-ring (bicyclic) bond motifs is 7. The summed E-state index contributed by atoms with van der Waals surface area (Å²) in [5.74, 6) is -7.23. The maximum absolute atomic E-state index is 15.5.